The lowest BCUT2D eigenvalue weighted by Gasteiger charge is -2.05. The van der Waals surface area contributed by atoms with Gasteiger partial charge in [0.25, 0.3) is 0 Å². The van der Waals surface area contributed by atoms with Gasteiger partial charge in [-0.3, -0.25) is 4.79 Å². The summed E-state index contributed by atoms with van der Waals surface area (Å²) in [6.45, 7) is -0.224. The van der Waals surface area contributed by atoms with Gasteiger partial charge in [0.1, 0.15) is 12.4 Å². The molecule has 104 valence electrons. The fourth-order valence-electron chi connectivity index (χ4n) is 1.40. The molecule has 1 amide bonds. The van der Waals surface area contributed by atoms with E-state index in [4.69, 9.17) is 5.11 Å². The second-order valence-electron chi connectivity index (χ2n) is 3.78. The Bertz CT molecular complexity index is 673. The second kappa shape index (κ2) is 5.78. The Labute approximate surface area is 120 Å². The van der Waals surface area contributed by atoms with Gasteiger partial charge < -0.3 is 10.4 Å². The molecule has 0 saturated heterocycles. The van der Waals surface area contributed by atoms with Crippen LogP contribution in [0.3, 0.4) is 0 Å². The smallest absolute Gasteiger partial charge is 0.358 e. The van der Waals surface area contributed by atoms with Crippen molar-refractivity contribution in [1.82, 2.24) is 15.0 Å². The number of hydrogen-bond donors (Lipinski definition) is 2. The standard InChI is InChI=1S/C11H8BrFN4O3/c12-7-2-1-6(3-8(7)13)14-10(18)5-17-4-9(11(19)20)15-16-17/h1-4H,5H2,(H,14,18)(H,19,20). The van der Waals surface area contributed by atoms with E-state index < -0.39 is 17.7 Å². The van der Waals surface area contributed by atoms with E-state index in [1.54, 1.807) is 0 Å². The zero-order chi connectivity index (χ0) is 14.7. The monoisotopic (exact) mass is 342 g/mol. The Balaban J connectivity index is 2.01. The van der Waals surface area contributed by atoms with Crippen molar-refractivity contribution in [2.45, 2.75) is 6.54 Å². The zero-order valence-electron chi connectivity index (χ0n) is 9.88. The number of rotatable bonds is 4. The summed E-state index contributed by atoms with van der Waals surface area (Å²) in [7, 11) is 0. The van der Waals surface area contributed by atoms with Crippen LogP contribution in [0.25, 0.3) is 0 Å². The summed E-state index contributed by atoms with van der Waals surface area (Å²) in [5.74, 6) is -2.21. The van der Waals surface area contributed by atoms with Gasteiger partial charge in [-0.25, -0.2) is 13.9 Å². The highest BCUT2D eigenvalue weighted by atomic mass is 79.9. The van der Waals surface area contributed by atoms with Crippen LogP contribution in [-0.2, 0) is 11.3 Å². The highest BCUT2D eigenvalue weighted by molar-refractivity contribution is 9.10. The molecule has 2 N–H and O–H groups in total. The molecule has 0 aliphatic heterocycles. The van der Waals surface area contributed by atoms with Crippen LogP contribution in [0.5, 0.6) is 0 Å². The molecule has 0 bridgehead atoms. The number of aromatic nitrogens is 3. The van der Waals surface area contributed by atoms with Gasteiger partial charge in [-0.05, 0) is 34.1 Å². The topological polar surface area (TPSA) is 97.1 Å². The van der Waals surface area contributed by atoms with Crippen LogP contribution in [0.4, 0.5) is 10.1 Å². The van der Waals surface area contributed by atoms with Crippen molar-refractivity contribution in [3.8, 4) is 0 Å². The molecule has 0 fully saturated rings. The molecule has 1 heterocycles. The maximum absolute atomic E-state index is 13.3. The molecular formula is C11H8BrFN4O3. The molecule has 2 rings (SSSR count). The highest BCUT2D eigenvalue weighted by Gasteiger charge is 2.11. The summed E-state index contributed by atoms with van der Waals surface area (Å²) in [5, 5.41) is 18.0. The molecule has 0 radical (unpaired) electrons. The van der Waals surface area contributed by atoms with Crippen molar-refractivity contribution in [2.24, 2.45) is 0 Å². The summed E-state index contributed by atoms with van der Waals surface area (Å²) in [5.41, 5.74) is 0.0294. The highest BCUT2D eigenvalue weighted by Crippen LogP contribution is 2.19. The maximum atomic E-state index is 13.3. The third kappa shape index (κ3) is 3.38. The van der Waals surface area contributed by atoms with E-state index in [-0.39, 0.29) is 22.4 Å². The number of carbonyl (C=O) groups is 2. The molecule has 0 spiro atoms. The van der Waals surface area contributed by atoms with Crippen molar-refractivity contribution >= 4 is 33.5 Å². The van der Waals surface area contributed by atoms with E-state index in [9.17, 15) is 14.0 Å². The van der Waals surface area contributed by atoms with E-state index in [2.05, 4.69) is 31.6 Å². The van der Waals surface area contributed by atoms with Crippen LogP contribution in [0, 0.1) is 5.82 Å². The summed E-state index contributed by atoms with van der Waals surface area (Å²) < 4.78 is 14.6. The maximum Gasteiger partial charge on any atom is 0.358 e. The van der Waals surface area contributed by atoms with E-state index in [1.165, 1.54) is 12.1 Å². The third-order valence-corrected chi connectivity index (χ3v) is 2.91. The SMILES string of the molecule is O=C(Cn1cc(C(=O)O)nn1)Nc1ccc(Br)c(F)c1. The fraction of sp³-hybridized carbons (Fsp3) is 0.0909. The first-order chi connectivity index (χ1) is 9.45. The number of aromatic carboxylic acids is 1. The fourth-order valence-corrected chi connectivity index (χ4v) is 1.64. The van der Waals surface area contributed by atoms with Gasteiger partial charge in [0, 0.05) is 5.69 Å². The summed E-state index contributed by atoms with van der Waals surface area (Å²) in [6.07, 6.45) is 1.13. The molecule has 1 aromatic carbocycles. The van der Waals surface area contributed by atoms with Crippen LogP contribution in [0.1, 0.15) is 10.5 Å². The number of carboxylic acids is 1. The number of nitrogens with one attached hydrogen (secondary N) is 1. The van der Waals surface area contributed by atoms with Gasteiger partial charge in [-0.15, -0.1) is 5.10 Å². The van der Waals surface area contributed by atoms with Crippen LogP contribution in [-0.4, -0.2) is 32.0 Å². The van der Waals surface area contributed by atoms with E-state index >= 15 is 0 Å². The molecule has 7 nitrogen and oxygen atoms in total. The van der Waals surface area contributed by atoms with Crippen LogP contribution in [0.2, 0.25) is 0 Å². The van der Waals surface area contributed by atoms with Gasteiger partial charge in [0.15, 0.2) is 5.69 Å². The first kappa shape index (κ1) is 14.1. The lowest BCUT2D eigenvalue weighted by molar-refractivity contribution is -0.116. The van der Waals surface area contributed by atoms with Gasteiger partial charge in [-0.2, -0.15) is 0 Å². The first-order valence-electron chi connectivity index (χ1n) is 5.34. The summed E-state index contributed by atoms with van der Waals surface area (Å²) in [6, 6.07) is 4.14. The molecule has 0 aliphatic rings. The minimum Gasteiger partial charge on any atom is -0.476 e. The number of benzene rings is 1. The average molecular weight is 343 g/mol. The first-order valence-corrected chi connectivity index (χ1v) is 6.13. The summed E-state index contributed by atoms with van der Waals surface area (Å²) in [4.78, 5) is 22.3. The van der Waals surface area contributed by atoms with Gasteiger partial charge in [-0.1, -0.05) is 5.21 Å². The predicted molar refractivity (Wildman–Crippen MR) is 69.7 cm³/mol. The van der Waals surface area contributed by atoms with Crippen LogP contribution < -0.4 is 5.32 Å². The van der Waals surface area contributed by atoms with Gasteiger partial charge in [0.2, 0.25) is 5.91 Å². The molecule has 9 heteroatoms. The molecule has 0 unspecified atom stereocenters. The lowest BCUT2D eigenvalue weighted by Crippen LogP contribution is -2.19. The second-order valence-corrected chi connectivity index (χ2v) is 4.64. The molecule has 20 heavy (non-hydrogen) atoms. The number of amides is 1. The minimum absolute atomic E-state index is 0.224. The van der Waals surface area contributed by atoms with E-state index in [1.807, 2.05) is 0 Å². The van der Waals surface area contributed by atoms with Crippen molar-refractivity contribution in [2.75, 3.05) is 5.32 Å². The van der Waals surface area contributed by atoms with Crippen molar-refractivity contribution in [1.29, 1.82) is 0 Å². The molecule has 0 atom stereocenters. The van der Waals surface area contributed by atoms with Gasteiger partial charge in [0.05, 0.1) is 10.7 Å². The number of nitrogens with zero attached hydrogens (tertiary/aromatic N) is 3. The Hall–Kier alpha value is -2.29. The molecule has 0 saturated carbocycles. The number of halogens is 2. The number of carbonyl (C=O) groups excluding carboxylic acids is 1. The third-order valence-electron chi connectivity index (χ3n) is 2.27. The number of carboxylic acid groups (broad SMARTS) is 1. The quantitative estimate of drug-likeness (QED) is 0.877. The largest absolute Gasteiger partial charge is 0.476 e. The number of hydrogen-bond acceptors (Lipinski definition) is 4. The van der Waals surface area contributed by atoms with Crippen molar-refractivity contribution in [3.05, 3.63) is 40.4 Å². The average Bonchev–Trinajstić information content (AvgIpc) is 2.82. The van der Waals surface area contributed by atoms with E-state index in [0.717, 1.165) is 16.9 Å². The molecule has 1 aromatic heterocycles. The predicted octanol–water partition coefficient (Wildman–Crippen LogP) is 1.52. The van der Waals surface area contributed by atoms with Crippen molar-refractivity contribution in [3.63, 3.8) is 0 Å². The Morgan fingerprint density at radius 3 is 2.80 bits per heavy atom. The molecule has 0 aliphatic carbocycles. The summed E-state index contributed by atoms with van der Waals surface area (Å²) >= 11 is 3.00. The van der Waals surface area contributed by atoms with Crippen molar-refractivity contribution < 1.29 is 19.1 Å². The van der Waals surface area contributed by atoms with Crippen LogP contribution in [0.15, 0.2) is 28.9 Å². The molecular weight excluding hydrogens is 335 g/mol. The van der Waals surface area contributed by atoms with E-state index in [0.29, 0.717) is 0 Å². The normalized spacial score (nSPS) is 10.3. The lowest BCUT2D eigenvalue weighted by atomic mass is 10.3. The van der Waals surface area contributed by atoms with Gasteiger partial charge >= 0.3 is 5.97 Å². The Morgan fingerprint density at radius 2 is 2.20 bits per heavy atom. The molecule has 2 aromatic rings. The Kier molecular flexibility index (Phi) is 4.08. The zero-order valence-corrected chi connectivity index (χ0v) is 11.5. The Morgan fingerprint density at radius 1 is 1.45 bits per heavy atom. The minimum atomic E-state index is -1.23. The van der Waals surface area contributed by atoms with Crippen LogP contribution >= 0.6 is 15.9 Å². The number of anilines is 1.